The number of halogens is 1. The molecule has 0 aliphatic carbocycles. The van der Waals surface area contributed by atoms with Crippen LogP contribution in [0.25, 0.3) is 6.08 Å². The summed E-state index contributed by atoms with van der Waals surface area (Å²) in [5.41, 5.74) is 9.50. The van der Waals surface area contributed by atoms with E-state index in [0.717, 1.165) is 43.3 Å². The van der Waals surface area contributed by atoms with Gasteiger partial charge in [0.05, 0.1) is 0 Å². The van der Waals surface area contributed by atoms with Gasteiger partial charge < -0.3 is 15.6 Å². The van der Waals surface area contributed by atoms with Gasteiger partial charge in [-0.2, -0.15) is 0 Å². The first-order chi connectivity index (χ1) is 17.1. The Morgan fingerprint density at radius 1 is 1.20 bits per heavy atom. The Morgan fingerprint density at radius 2 is 1.91 bits per heavy atom. The van der Waals surface area contributed by atoms with E-state index in [-0.39, 0.29) is 0 Å². The number of nitrogens with two attached hydrogens (primary N) is 1. The van der Waals surface area contributed by atoms with E-state index in [2.05, 4.69) is 52.2 Å². The van der Waals surface area contributed by atoms with Crippen LogP contribution in [0.1, 0.15) is 83.2 Å². The van der Waals surface area contributed by atoms with Crippen molar-refractivity contribution < 1.29 is 0 Å². The number of imidazole rings is 1. The topological polar surface area (TPSA) is 55.9 Å². The lowest BCUT2D eigenvalue weighted by Crippen LogP contribution is -2.31. The number of rotatable bonds is 9. The summed E-state index contributed by atoms with van der Waals surface area (Å²) in [6, 6.07) is 6.40. The van der Waals surface area contributed by atoms with Gasteiger partial charge in [-0.15, -0.1) is 0 Å². The highest BCUT2D eigenvalue weighted by Crippen LogP contribution is 2.37. The number of nitrogens with zero attached hydrogens (tertiary/aromatic N) is 2. The summed E-state index contributed by atoms with van der Waals surface area (Å²) in [5, 5.41) is 4.29. The molecule has 0 amide bonds. The zero-order valence-corrected chi connectivity index (χ0v) is 23.5. The van der Waals surface area contributed by atoms with Gasteiger partial charge in [0.1, 0.15) is 5.82 Å². The Kier molecular flexibility index (Phi) is 15.8. The van der Waals surface area contributed by atoms with Crippen LogP contribution in [0.5, 0.6) is 0 Å². The van der Waals surface area contributed by atoms with Crippen molar-refractivity contribution in [1.29, 1.82) is 0 Å². The second-order valence-electron chi connectivity index (χ2n) is 8.42. The number of piperidine rings is 1. The zero-order chi connectivity index (χ0) is 26.1. The zero-order valence-electron chi connectivity index (χ0n) is 22.7. The van der Waals surface area contributed by atoms with Crippen molar-refractivity contribution in [1.82, 2.24) is 14.9 Å². The minimum atomic E-state index is 0.469. The van der Waals surface area contributed by atoms with Crippen LogP contribution in [0.2, 0.25) is 5.02 Å². The van der Waals surface area contributed by atoms with Gasteiger partial charge in [-0.1, -0.05) is 69.2 Å². The maximum atomic E-state index is 6.43. The molecule has 3 N–H and O–H groups in total. The molecule has 194 valence electrons. The predicted molar refractivity (Wildman–Crippen MR) is 155 cm³/mol. The third-order valence-corrected chi connectivity index (χ3v) is 6.46. The first-order valence-electron chi connectivity index (χ1n) is 13.3. The lowest BCUT2D eigenvalue weighted by Gasteiger charge is -2.31. The third kappa shape index (κ3) is 10.5. The Labute approximate surface area is 219 Å². The quantitative estimate of drug-likeness (QED) is 0.345. The molecule has 1 aromatic heterocycles. The largest absolute Gasteiger partial charge is 0.405 e. The van der Waals surface area contributed by atoms with Crippen LogP contribution in [0.3, 0.4) is 0 Å². The van der Waals surface area contributed by atoms with E-state index in [1.807, 2.05) is 59.2 Å². The SMILES string of the molecule is C/C(=C\c1cc(Cl)ccc1C(C/C=C\C=C/N)C1CCNCC1)CCn1ccnc1C.CC.CC. The summed E-state index contributed by atoms with van der Waals surface area (Å²) >= 11 is 6.43. The van der Waals surface area contributed by atoms with Crippen molar-refractivity contribution in [2.24, 2.45) is 11.7 Å². The molecule has 1 atom stereocenters. The molecule has 1 aromatic carbocycles. The smallest absolute Gasteiger partial charge is 0.105 e. The van der Waals surface area contributed by atoms with Gasteiger partial charge in [0, 0.05) is 24.0 Å². The first-order valence-corrected chi connectivity index (χ1v) is 13.6. The average Bonchev–Trinajstić information content (AvgIpc) is 3.31. The standard InChI is InChI=1S/C26H35ClN4.2C2H6/c1-20(11-16-31-17-15-30-21(31)2)18-23-19-24(27)7-8-26(23)25(6-4-3-5-12-28)22-9-13-29-14-10-22;2*1-2/h3-5,7-8,12,15,17-19,22,25,29H,6,9-11,13-14,16,28H2,1-2H3;2*1-2H3/b4-3-,12-5-,20-18+;;. The van der Waals surface area contributed by atoms with E-state index in [1.54, 1.807) is 6.20 Å². The number of hydrogen-bond donors (Lipinski definition) is 2. The number of aromatic nitrogens is 2. The number of hydrogen-bond acceptors (Lipinski definition) is 3. The van der Waals surface area contributed by atoms with E-state index in [1.165, 1.54) is 29.5 Å². The average molecular weight is 499 g/mol. The highest BCUT2D eigenvalue weighted by Gasteiger charge is 2.25. The molecule has 5 heteroatoms. The fourth-order valence-electron chi connectivity index (χ4n) is 4.47. The Balaban J connectivity index is 0.00000145. The van der Waals surface area contributed by atoms with Crippen LogP contribution in [0, 0.1) is 12.8 Å². The monoisotopic (exact) mass is 498 g/mol. The fraction of sp³-hybridized carbons (Fsp3) is 0.500. The van der Waals surface area contributed by atoms with Crippen LogP contribution in [0.15, 0.2) is 60.6 Å². The summed E-state index contributed by atoms with van der Waals surface area (Å²) in [4.78, 5) is 4.32. The molecule has 2 heterocycles. The minimum Gasteiger partial charge on any atom is -0.405 e. The van der Waals surface area contributed by atoms with Crippen molar-refractivity contribution in [2.75, 3.05) is 13.1 Å². The molecule has 0 spiro atoms. The first kappa shape index (κ1) is 30.7. The summed E-state index contributed by atoms with van der Waals surface area (Å²) < 4.78 is 2.20. The summed E-state index contributed by atoms with van der Waals surface area (Å²) in [5.74, 6) is 2.19. The maximum absolute atomic E-state index is 6.43. The molecule has 4 nitrogen and oxygen atoms in total. The Hall–Kier alpha value is -2.30. The second kappa shape index (κ2) is 18.0. The normalized spacial score (nSPS) is 15.5. The number of benzene rings is 1. The summed E-state index contributed by atoms with van der Waals surface area (Å²) in [7, 11) is 0. The van der Waals surface area contributed by atoms with E-state index in [4.69, 9.17) is 17.3 Å². The van der Waals surface area contributed by atoms with E-state index in [9.17, 15) is 0 Å². The van der Waals surface area contributed by atoms with Crippen LogP contribution >= 0.6 is 11.6 Å². The van der Waals surface area contributed by atoms with Crippen LogP contribution in [0.4, 0.5) is 0 Å². The van der Waals surface area contributed by atoms with Gasteiger partial charge in [-0.3, -0.25) is 0 Å². The molecular formula is C30H47ClN4. The van der Waals surface area contributed by atoms with Gasteiger partial charge in [-0.05, 0) is 100.0 Å². The van der Waals surface area contributed by atoms with Gasteiger partial charge in [-0.25, -0.2) is 4.98 Å². The summed E-state index contributed by atoms with van der Waals surface area (Å²) in [6.07, 6.45) is 18.4. The summed E-state index contributed by atoms with van der Waals surface area (Å²) in [6.45, 7) is 15.4. The maximum Gasteiger partial charge on any atom is 0.105 e. The third-order valence-electron chi connectivity index (χ3n) is 6.22. The van der Waals surface area contributed by atoms with Crippen LogP contribution < -0.4 is 11.1 Å². The van der Waals surface area contributed by atoms with Crippen LogP contribution in [-0.4, -0.2) is 22.6 Å². The molecular weight excluding hydrogens is 452 g/mol. The lowest BCUT2D eigenvalue weighted by atomic mass is 9.77. The van der Waals surface area contributed by atoms with Crippen molar-refractivity contribution >= 4 is 17.7 Å². The van der Waals surface area contributed by atoms with Gasteiger partial charge in [0.25, 0.3) is 0 Å². The highest BCUT2D eigenvalue weighted by atomic mass is 35.5. The van der Waals surface area contributed by atoms with Gasteiger partial charge >= 0.3 is 0 Å². The predicted octanol–water partition coefficient (Wildman–Crippen LogP) is 7.89. The molecule has 1 aliphatic rings. The molecule has 1 unspecified atom stereocenters. The second-order valence-corrected chi connectivity index (χ2v) is 8.86. The van der Waals surface area contributed by atoms with Gasteiger partial charge in [0.2, 0.25) is 0 Å². The molecule has 1 saturated heterocycles. The molecule has 0 saturated carbocycles. The molecule has 35 heavy (non-hydrogen) atoms. The van der Waals surface area contributed by atoms with E-state index in [0.29, 0.717) is 11.8 Å². The van der Waals surface area contributed by atoms with Gasteiger partial charge in [0.15, 0.2) is 0 Å². The Morgan fingerprint density at radius 3 is 2.54 bits per heavy atom. The fourth-order valence-corrected chi connectivity index (χ4v) is 4.65. The molecule has 0 bridgehead atoms. The van der Waals surface area contributed by atoms with E-state index < -0.39 is 0 Å². The van der Waals surface area contributed by atoms with Crippen LogP contribution in [-0.2, 0) is 6.54 Å². The molecule has 1 aliphatic heterocycles. The van der Waals surface area contributed by atoms with Crippen molar-refractivity contribution in [3.05, 3.63) is 82.6 Å². The van der Waals surface area contributed by atoms with Crippen molar-refractivity contribution in [2.45, 2.75) is 79.7 Å². The molecule has 3 rings (SSSR count). The highest BCUT2D eigenvalue weighted by molar-refractivity contribution is 6.30. The number of allylic oxidation sites excluding steroid dienone is 4. The number of aryl methyl sites for hydroxylation is 2. The van der Waals surface area contributed by atoms with E-state index >= 15 is 0 Å². The van der Waals surface area contributed by atoms with Crippen molar-refractivity contribution in [3.8, 4) is 0 Å². The number of nitrogens with one attached hydrogen (secondary N) is 1. The minimum absolute atomic E-state index is 0.469. The van der Waals surface area contributed by atoms with Crippen molar-refractivity contribution in [3.63, 3.8) is 0 Å². The molecule has 2 aromatic rings. The molecule has 0 radical (unpaired) electrons. The Bertz CT molecular complexity index is 920. The molecule has 1 fully saturated rings. The lowest BCUT2D eigenvalue weighted by molar-refractivity contribution is 0.318.